The first-order valence-corrected chi connectivity index (χ1v) is 6.75. The Morgan fingerprint density at radius 3 is 2.89 bits per heavy atom. The number of hydrogen-bond acceptors (Lipinski definition) is 2. The van der Waals surface area contributed by atoms with Crippen LogP contribution in [0.5, 0.6) is 0 Å². The third-order valence-corrected chi connectivity index (χ3v) is 3.63. The zero-order valence-corrected chi connectivity index (χ0v) is 10.9. The molecule has 0 fully saturated rings. The van der Waals surface area contributed by atoms with E-state index in [1.165, 1.54) is 11.6 Å². The van der Waals surface area contributed by atoms with E-state index in [0.717, 1.165) is 43.6 Å². The molecule has 1 aliphatic rings. The fraction of sp³-hybridized carbons (Fsp3) is 0.400. The molecule has 0 saturated heterocycles. The highest BCUT2D eigenvalue weighted by atomic mass is 19.2. The molecule has 1 aromatic heterocycles. The number of pyridine rings is 1. The number of halogens is 2. The number of anilines is 1. The van der Waals surface area contributed by atoms with Gasteiger partial charge in [0.25, 0.3) is 0 Å². The predicted molar refractivity (Wildman–Crippen MR) is 72.5 cm³/mol. The van der Waals surface area contributed by atoms with Crippen molar-refractivity contribution in [2.75, 3.05) is 11.9 Å². The van der Waals surface area contributed by atoms with Gasteiger partial charge >= 0.3 is 0 Å². The highest BCUT2D eigenvalue weighted by Crippen LogP contribution is 2.35. The lowest BCUT2D eigenvalue weighted by Gasteiger charge is -2.14. The molecule has 4 heteroatoms. The fourth-order valence-corrected chi connectivity index (χ4v) is 2.72. The van der Waals surface area contributed by atoms with Crippen LogP contribution >= 0.6 is 0 Å². The average molecular weight is 262 g/mol. The van der Waals surface area contributed by atoms with Crippen molar-refractivity contribution in [2.45, 2.75) is 32.6 Å². The number of aromatic nitrogens is 1. The van der Waals surface area contributed by atoms with Crippen LogP contribution in [0.15, 0.2) is 12.1 Å². The minimum Gasteiger partial charge on any atom is -0.384 e. The van der Waals surface area contributed by atoms with Crippen molar-refractivity contribution in [3.63, 3.8) is 0 Å². The highest BCUT2D eigenvalue weighted by Gasteiger charge is 2.21. The van der Waals surface area contributed by atoms with Crippen LogP contribution in [0.4, 0.5) is 14.5 Å². The van der Waals surface area contributed by atoms with E-state index in [0.29, 0.717) is 5.39 Å². The Kier molecular flexibility index (Phi) is 3.09. The highest BCUT2D eigenvalue weighted by molar-refractivity contribution is 5.94. The first kappa shape index (κ1) is 12.3. The third kappa shape index (κ3) is 1.95. The summed E-state index contributed by atoms with van der Waals surface area (Å²) in [6.07, 6.45) is 3.83. The van der Waals surface area contributed by atoms with Gasteiger partial charge in [0.05, 0.1) is 0 Å². The van der Waals surface area contributed by atoms with Crippen molar-refractivity contribution in [3.05, 3.63) is 35.0 Å². The quantitative estimate of drug-likeness (QED) is 0.909. The first-order chi connectivity index (χ1) is 9.22. The molecule has 0 bridgehead atoms. The van der Waals surface area contributed by atoms with Crippen LogP contribution in [0.3, 0.4) is 0 Å². The Bertz CT molecular complexity index is 638. The van der Waals surface area contributed by atoms with E-state index >= 15 is 0 Å². The van der Waals surface area contributed by atoms with Crippen LogP contribution in [0, 0.1) is 11.6 Å². The van der Waals surface area contributed by atoms with Gasteiger partial charge in [-0.05, 0) is 43.4 Å². The Hall–Kier alpha value is -1.71. The van der Waals surface area contributed by atoms with Crippen molar-refractivity contribution < 1.29 is 8.78 Å². The van der Waals surface area contributed by atoms with E-state index in [2.05, 4.69) is 17.2 Å². The predicted octanol–water partition coefficient (Wildman–Crippen LogP) is 3.82. The number of hydrogen-bond donors (Lipinski definition) is 1. The number of nitrogens with one attached hydrogen (secondary N) is 1. The second-order valence-electron chi connectivity index (χ2n) is 4.95. The molecule has 2 nitrogen and oxygen atoms in total. The van der Waals surface area contributed by atoms with E-state index < -0.39 is 11.6 Å². The van der Waals surface area contributed by atoms with E-state index in [1.54, 1.807) is 6.07 Å². The number of fused-ring (bicyclic) bond motifs is 2. The molecule has 0 atom stereocenters. The maximum atomic E-state index is 13.9. The van der Waals surface area contributed by atoms with Gasteiger partial charge in [-0.15, -0.1) is 0 Å². The largest absolute Gasteiger partial charge is 0.384 e. The van der Waals surface area contributed by atoms with Crippen molar-refractivity contribution >= 4 is 16.6 Å². The van der Waals surface area contributed by atoms with Gasteiger partial charge in [-0.2, -0.15) is 0 Å². The van der Waals surface area contributed by atoms with Crippen molar-refractivity contribution in [3.8, 4) is 0 Å². The lowest BCUT2D eigenvalue weighted by Crippen LogP contribution is -2.06. The van der Waals surface area contributed by atoms with E-state index in [9.17, 15) is 8.78 Å². The van der Waals surface area contributed by atoms with Crippen LogP contribution in [-0.2, 0) is 12.8 Å². The summed E-state index contributed by atoms with van der Waals surface area (Å²) >= 11 is 0. The smallest absolute Gasteiger partial charge is 0.185 e. The maximum Gasteiger partial charge on any atom is 0.185 e. The molecule has 1 aliphatic carbocycles. The van der Waals surface area contributed by atoms with Gasteiger partial charge < -0.3 is 5.32 Å². The molecular weight excluding hydrogens is 246 g/mol. The summed E-state index contributed by atoms with van der Waals surface area (Å²) in [6, 6.07) is 2.80. The fourth-order valence-electron chi connectivity index (χ4n) is 2.72. The molecule has 0 saturated carbocycles. The summed E-state index contributed by atoms with van der Waals surface area (Å²) in [5.41, 5.74) is 3.18. The molecule has 0 aliphatic heterocycles. The van der Waals surface area contributed by atoms with E-state index in [4.69, 9.17) is 0 Å². The second-order valence-corrected chi connectivity index (χ2v) is 4.95. The number of nitrogens with zero attached hydrogens (tertiary/aromatic N) is 1. The number of rotatable bonds is 3. The molecule has 0 radical (unpaired) electrons. The Balaban J connectivity index is 2.27. The SMILES string of the molecule is CCCNc1c2c(nc3c(F)c(F)ccc13)CCC2. The van der Waals surface area contributed by atoms with Gasteiger partial charge in [0.1, 0.15) is 5.52 Å². The molecule has 0 spiro atoms. The van der Waals surface area contributed by atoms with Crippen molar-refractivity contribution in [1.29, 1.82) is 0 Å². The van der Waals surface area contributed by atoms with Crippen LogP contribution < -0.4 is 5.32 Å². The Labute approximate surface area is 110 Å². The molecule has 1 heterocycles. The van der Waals surface area contributed by atoms with Gasteiger partial charge in [0, 0.05) is 23.3 Å². The minimum atomic E-state index is -0.841. The summed E-state index contributed by atoms with van der Waals surface area (Å²) in [5, 5.41) is 4.04. The zero-order chi connectivity index (χ0) is 13.4. The number of benzene rings is 1. The molecule has 100 valence electrons. The Morgan fingerprint density at radius 1 is 1.26 bits per heavy atom. The standard InChI is InChI=1S/C15H16F2N2/c1-2-8-18-14-9-4-3-5-12(9)19-15-10(14)6-7-11(16)13(15)17/h6-7H,2-5,8H2,1H3,(H,18,19). The van der Waals surface area contributed by atoms with Gasteiger partial charge in [-0.3, -0.25) is 0 Å². The molecule has 0 unspecified atom stereocenters. The van der Waals surface area contributed by atoms with Gasteiger partial charge in [0.2, 0.25) is 0 Å². The monoisotopic (exact) mass is 262 g/mol. The zero-order valence-electron chi connectivity index (χ0n) is 10.9. The van der Waals surface area contributed by atoms with Gasteiger partial charge in [0.15, 0.2) is 11.6 Å². The van der Waals surface area contributed by atoms with Crippen LogP contribution in [-0.4, -0.2) is 11.5 Å². The van der Waals surface area contributed by atoms with Crippen molar-refractivity contribution in [1.82, 2.24) is 4.98 Å². The first-order valence-electron chi connectivity index (χ1n) is 6.75. The third-order valence-electron chi connectivity index (χ3n) is 3.63. The summed E-state index contributed by atoms with van der Waals surface area (Å²) in [6.45, 7) is 2.90. The maximum absolute atomic E-state index is 13.9. The van der Waals surface area contributed by atoms with E-state index in [1.807, 2.05) is 0 Å². The summed E-state index contributed by atoms with van der Waals surface area (Å²) in [5.74, 6) is -1.67. The second kappa shape index (κ2) is 4.76. The van der Waals surface area contributed by atoms with Gasteiger partial charge in [-0.25, -0.2) is 13.8 Å². The van der Waals surface area contributed by atoms with Crippen LogP contribution in [0.2, 0.25) is 0 Å². The normalized spacial score (nSPS) is 13.8. The van der Waals surface area contributed by atoms with Gasteiger partial charge in [-0.1, -0.05) is 6.92 Å². The lowest BCUT2D eigenvalue weighted by molar-refractivity contribution is 0.515. The molecule has 1 N–H and O–H groups in total. The summed E-state index contributed by atoms with van der Waals surface area (Å²) in [4.78, 5) is 4.33. The topological polar surface area (TPSA) is 24.9 Å². The Morgan fingerprint density at radius 2 is 2.11 bits per heavy atom. The van der Waals surface area contributed by atoms with Crippen molar-refractivity contribution in [2.24, 2.45) is 0 Å². The molecule has 0 amide bonds. The van der Waals surface area contributed by atoms with Crippen LogP contribution in [0.25, 0.3) is 10.9 Å². The summed E-state index contributed by atoms with van der Waals surface area (Å²) < 4.78 is 27.3. The number of aryl methyl sites for hydroxylation is 1. The molecular formula is C15H16F2N2. The minimum absolute atomic E-state index is 0.152. The van der Waals surface area contributed by atoms with E-state index in [-0.39, 0.29) is 5.52 Å². The average Bonchev–Trinajstić information content (AvgIpc) is 2.87. The summed E-state index contributed by atoms with van der Waals surface area (Å²) in [7, 11) is 0. The molecule has 2 aromatic rings. The molecule has 1 aromatic carbocycles. The molecule has 3 rings (SSSR count). The lowest BCUT2D eigenvalue weighted by atomic mass is 10.1. The van der Waals surface area contributed by atoms with Crippen LogP contribution in [0.1, 0.15) is 31.0 Å². The molecule has 19 heavy (non-hydrogen) atoms.